The first-order chi connectivity index (χ1) is 11.2. The van der Waals surface area contributed by atoms with Crippen molar-refractivity contribution in [2.45, 2.75) is 32.0 Å². The summed E-state index contributed by atoms with van der Waals surface area (Å²) in [5.41, 5.74) is 1.23. The number of alkyl halides is 3. The van der Waals surface area contributed by atoms with Gasteiger partial charge in [-0.2, -0.15) is 13.2 Å². The molecule has 2 N–H and O–H groups in total. The fraction of sp³-hybridized carbons (Fsp3) is 0.438. The summed E-state index contributed by atoms with van der Waals surface area (Å²) in [5, 5.41) is 2.66. The zero-order valence-corrected chi connectivity index (χ0v) is 13.0. The molecule has 0 bridgehead atoms. The number of fused-ring (bicyclic) bond motifs is 3. The number of nitrogens with one attached hydrogen (secondary N) is 2. The van der Waals surface area contributed by atoms with Crippen LogP contribution in [-0.2, 0) is 4.79 Å². The Morgan fingerprint density at radius 3 is 2.83 bits per heavy atom. The SMILES string of the molecule is CC(CNC(=O)C(F)(F)F)C1c2c(c(F)cc3[nH]ccc23)OC1C. The second kappa shape index (κ2) is 5.68. The smallest absolute Gasteiger partial charge is 0.471 e. The number of benzene rings is 1. The largest absolute Gasteiger partial charge is 0.487 e. The molecule has 1 aliphatic rings. The van der Waals surface area contributed by atoms with Crippen LogP contribution in [0, 0.1) is 11.7 Å². The Hall–Kier alpha value is -2.25. The van der Waals surface area contributed by atoms with E-state index in [0.29, 0.717) is 11.1 Å². The zero-order chi connectivity index (χ0) is 17.6. The minimum absolute atomic E-state index is 0.133. The van der Waals surface area contributed by atoms with Gasteiger partial charge in [0.25, 0.3) is 0 Å². The molecule has 0 aliphatic carbocycles. The van der Waals surface area contributed by atoms with Crippen LogP contribution in [-0.4, -0.2) is 29.7 Å². The van der Waals surface area contributed by atoms with Crippen molar-refractivity contribution in [3.63, 3.8) is 0 Å². The van der Waals surface area contributed by atoms with E-state index in [1.54, 1.807) is 26.1 Å². The Bertz CT molecular complexity index is 784. The summed E-state index contributed by atoms with van der Waals surface area (Å²) in [4.78, 5) is 13.9. The molecule has 2 heterocycles. The van der Waals surface area contributed by atoms with Crippen LogP contribution in [0.5, 0.6) is 5.75 Å². The Morgan fingerprint density at radius 2 is 2.17 bits per heavy atom. The van der Waals surface area contributed by atoms with E-state index in [9.17, 15) is 22.4 Å². The number of rotatable bonds is 3. The van der Waals surface area contributed by atoms with Crippen LogP contribution in [0.2, 0.25) is 0 Å². The van der Waals surface area contributed by atoms with Gasteiger partial charge in [-0.15, -0.1) is 0 Å². The molecule has 1 aromatic heterocycles. The monoisotopic (exact) mass is 344 g/mol. The second-order valence-corrected chi connectivity index (χ2v) is 6.07. The fourth-order valence-corrected chi connectivity index (χ4v) is 3.35. The number of H-pyrrole nitrogens is 1. The van der Waals surface area contributed by atoms with Gasteiger partial charge in [0.1, 0.15) is 6.10 Å². The third kappa shape index (κ3) is 2.70. The van der Waals surface area contributed by atoms with Gasteiger partial charge in [0.2, 0.25) is 0 Å². The lowest BCUT2D eigenvalue weighted by Crippen LogP contribution is -2.40. The summed E-state index contributed by atoms with van der Waals surface area (Å²) in [6, 6.07) is 3.11. The van der Waals surface area contributed by atoms with Gasteiger partial charge >= 0.3 is 12.1 Å². The molecule has 1 aliphatic heterocycles. The topological polar surface area (TPSA) is 54.1 Å². The van der Waals surface area contributed by atoms with Gasteiger partial charge in [-0.1, -0.05) is 6.92 Å². The van der Waals surface area contributed by atoms with Crippen molar-refractivity contribution in [1.29, 1.82) is 0 Å². The lowest BCUT2D eigenvalue weighted by molar-refractivity contribution is -0.173. The zero-order valence-electron chi connectivity index (χ0n) is 13.0. The third-order valence-corrected chi connectivity index (χ3v) is 4.40. The summed E-state index contributed by atoms with van der Waals surface area (Å²) in [6.45, 7) is 3.27. The normalized spacial score (nSPS) is 21.4. The molecule has 0 fully saturated rings. The molecule has 8 heteroatoms. The molecule has 3 atom stereocenters. The van der Waals surface area contributed by atoms with E-state index in [2.05, 4.69) is 4.98 Å². The molecule has 1 aromatic carbocycles. The maximum absolute atomic E-state index is 14.2. The highest BCUT2D eigenvalue weighted by Crippen LogP contribution is 2.47. The van der Waals surface area contributed by atoms with Crippen molar-refractivity contribution in [3.05, 3.63) is 29.7 Å². The summed E-state index contributed by atoms with van der Waals surface area (Å²) in [6.07, 6.45) is -3.66. The Morgan fingerprint density at radius 1 is 1.46 bits per heavy atom. The van der Waals surface area contributed by atoms with Gasteiger partial charge in [0.15, 0.2) is 11.6 Å². The van der Waals surface area contributed by atoms with E-state index in [0.717, 1.165) is 5.39 Å². The summed E-state index contributed by atoms with van der Waals surface area (Å²) < 4.78 is 56.8. The molecule has 1 amide bonds. The van der Waals surface area contributed by atoms with Crippen LogP contribution in [0.1, 0.15) is 25.3 Å². The van der Waals surface area contributed by atoms with E-state index in [4.69, 9.17) is 4.74 Å². The van der Waals surface area contributed by atoms with Gasteiger partial charge in [-0.3, -0.25) is 4.79 Å². The summed E-state index contributed by atoms with van der Waals surface area (Å²) in [7, 11) is 0. The van der Waals surface area contributed by atoms with E-state index in [-0.39, 0.29) is 24.1 Å². The number of hydrogen-bond donors (Lipinski definition) is 2. The molecular weight excluding hydrogens is 328 g/mol. The van der Waals surface area contributed by atoms with Gasteiger partial charge in [-0.25, -0.2) is 4.39 Å². The lowest BCUT2D eigenvalue weighted by atomic mass is 9.83. The van der Waals surface area contributed by atoms with Crippen LogP contribution < -0.4 is 10.1 Å². The van der Waals surface area contributed by atoms with Crippen LogP contribution in [0.4, 0.5) is 17.6 Å². The van der Waals surface area contributed by atoms with Crippen LogP contribution in [0.15, 0.2) is 18.3 Å². The number of amides is 1. The molecule has 0 spiro atoms. The van der Waals surface area contributed by atoms with E-state index < -0.39 is 24.0 Å². The standard InChI is InChI=1S/C16H16F4N2O2/c1-7(6-22-15(23)16(18,19)20)12-8(2)24-14-10(17)5-11-9(13(12)14)3-4-21-11/h3-5,7-8,12,21H,6H2,1-2H3,(H,22,23). The number of carbonyl (C=O) groups excluding carboxylic acids is 1. The number of halogens is 4. The fourth-order valence-electron chi connectivity index (χ4n) is 3.35. The van der Waals surface area contributed by atoms with Crippen molar-refractivity contribution in [1.82, 2.24) is 10.3 Å². The average Bonchev–Trinajstić information content (AvgIpc) is 3.07. The Balaban J connectivity index is 1.89. The highest BCUT2D eigenvalue weighted by Gasteiger charge is 2.41. The van der Waals surface area contributed by atoms with Gasteiger partial charge in [-0.05, 0) is 18.9 Å². The Labute approximate surface area is 135 Å². The molecule has 0 radical (unpaired) electrons. The van der Waals surface area contributed by atoms with Crippen molar-refractivity contribution in [2.75, 3.05) is 6.54 Å². The molecule has 2 aromatic rings. The molecule has 0 saturated carbocycles. The van der Waals surface area contributed by atoms with Crippen molar-refractivity contribution < 1.29 is 27.1 Å². The first-order valence-electron chi connectivity index (χ1n) is 7.51. The van der Waals surface area contributed by atoms with Gasteiger partial charge in [0.05, 0.1) is 0 Å². The maximum atomic E-state index is 14.2. The lowest BCUT2D eigenvalue weighted by Gasteiger charge is -2.23. The third-order valence-electron chi connectivity index (χ3n) is 4.40. The highest BCUT2D eigenvalue weighted by molar-refractivity contribution is 5.87. The number of aromatic amines is 1. The minimum atomic E-state index is -4.92. The van der Waals surface area contributed by atoms with Crippen LogP contribution in [0.3, 0.4) is 0 Å². The molecule has 4 nitrogen and oxygen atoms in total. The molecule has 0 saturated heterocycles. The molecule has 3 unspecified atom stereocenters. The summed E-state index contributed by atoms with van der Waals surface area (Å²) >= 11 is 0. The van der Waals surface area contributed by atoms with Gasteiger partial charge < -0.3 is 15.0 Å². The highest BCUT2D eigenvalue weighted by atomic mass is 19.4. The number of carbonyl (C=O) groups is 1. The number of aromatic nitrogens is 1. The quantitative estimate of drug-likeness (QED) is 0.838. The van der Waals surface area contributed by atoms with Crippen molar-refractivity contribution >= 4 is 16.8 Å². The first-order valence-corrected chi connectivity index (χ1v) is 7.51. The van der Waals surface area contributed by atoms with Crippen molar-refractivity contribution in [3.8, 4) is 5.75 Å². The van der Waals surface area contributed by atoms with Crippen LogP contribution in [0.25, 0.3) is 10.9 Å². The molecular formula is C16H16F4N2O2. The molecule has 3 rings (SSSR count). The minimum Gasteiger partial charge on any atom is -0.487 e. The van der Waals surface area contributed by atoms with Crippen LogP contribution >= 0.6 is 0 Å². The second-order valence-electron chi connectivity index (χ2n) is 6.07. The van der Waals surface area contributed by atoms with Crippen molar-refractivity contribution in [2.24, 2.45) is 5.92 Å². The maximum Gasteiger partial charge on any atom is 0.471 e. The predicted molar refractivity (Wildman–Crippen MR) is 79.3 cm³/mol. The molecule has 24 heavy (non-hydrogen) atoms. The van der Waals surface area contributed by atoms with Gasteiger partial charge in [0, 0.05) is 41.2 Å². The van der Waals surface area contributed by atoms with E-state index >= 15 is 0 Å². The summed E-state index contributed by atoms with van der Waals surface area (Å²) in [5.74, 6) is -3.06. The van der Waals surface area contributed by atoms with E-state index in [1.165, 1.54) is 6.07 Å². The predicted octanol–water partition coefficient (Wildman–Crippen LogP) is 3.49. The Kier molecular flexibility index (Phi) is 3.93. The van der Waals surface area contributed by atoms with E-state index in [1.807, 2.05) is 5.32 Å². The molecule has 130 valence electrons. The first kappa shape index (κ1) is 16.6. The number of hydrogen-bond acceptors (Lipinski definition) is 2. The number of ether oxygens (including phenoxy) is 1. The average molecular weight is 344 g/mol.